The van der Waals surface area contributed by atoms with Gasteiger partial charge in [0.15, 0.2) is 10.3 Å². The van der Waals surface area contributed by atoms with Crippen LogP contribution in [0.15, 0.2) is 0 Å². The van der Waals surface area contributed by atoms with Gasteiger partial charge in [-0.05, 0) is 0 Å². The predicted octanol–water partition coefficient (Wildman–Crippen LogP) is -1.95. The van der Waals surface area contributed by atoms with Gasteiger partial charge < -0.3 is 19.7 Å². The molecule has 1 fully saturated rings. The van der Waals surface area contributed by atoms with Gasteiger partial charge in [-0.3, -0.25) is 4.90 Å². The number of morpholine rings is 1. The first-order chi connectivity index (χ1) is 9.43. The molecule has 0 aromatic carbocycles. The number of nitrogens with one attached hydrogen (secondary N) is 1. The van der Waals surface area contributed by atoms with Crippen molar-refractivity contribution < 1.29 is 22.8 Å². The molecular formula is C11H24N3O5S-. The van der Waals surface area contributed by atoms with E-state index in [1.54, 1.807) is 6.92 Å². The second kappa shape index (κ2) is 8.88. The molecule has 1 aliphatic rings. The van der Waals surface area contributed by atoms with Gasteiger partial charge in [0, 0.05) is 45.8 Å². The number of rotatable bonds is 9. The first kappa shape index (κ1) is 17.8. The maximum absolute atomic E-state index is 10.9. The largest absolute Gasteiger partial charge is 0.735 e. The minimum atomic E-state index is -4.48. The summed E-state index contributed by atoms with van der Waals surface area (Å²) in [6.07, 6.45) is -0.886. The van der Waals surface area contributed by atoms with Crippen molar-refractivity contribution in [2.24, 2.45) is 0 Å². The molecule has 8 nitrogen and oxygen atoms in total. The molecular weight excluding hydrogens is 286 g/mol. The van der Waals surface area contributed by atoms with Gasteiger partial charge >= 0.3 is 0 Å². The SMILES string of the molecule is CCN(CC(O)CNCCN1CCOCC1)S(=O)(=O)[O-]. The molecule has 1 aliphatic heterocycles. The molecule has 1 unspecified atom stereocenters. The fourth-order valence-corrected chi connectivity index (χ4v) is 2.68. The van der Waals surface area contributed by atoms with E-state index in [1.807, 2.05) is 0 Å². The molecule has 120 valence electrons. The first-order valence-corrected chi connectivity index (χ1v) is 8.20. The molecule has 0 spiro atoms. The van der Waals surface area contributed by atoms with E-state index in [4.69, 9.17) is 4.74 Å². The van der Waals surface area contributed by atoms with Gasteiger partial charge in [0.2, 0.25) is 0 Å². The third kappa shape index (κ3) is 6.93. The molecule has 1 heterocycles. The zero-order valence-corrected chi connectivity index (χ0v) is 12.6. The van der Waals surface area contributed by atoms with Crippen LogP contribution in [0.2, 0.25) is 0 Å². The van der Waals surface area contributed by atoms with E-state index in [1.165, 1.54) is 0 Å². The van der Waals surface area contributed by atoms with Gasteiger partial charge in [-0.15, -0.1) is 0 Å². The number of likely N-dealkylation sites (N-methyl/N-ethyl adjacent to an activating group) is 1. The average Bonchev–Trinajstić information content (AvgIpc) is 2.41. The Morgan fingerprint density at radius 1 is 1.45 bits per heavy atom. The van der Waals surface area contributed by atoms with Gasteiger partial charge in [0.25, 0.3) is 0 Å². The molecule has 0 aromatic heterocycles. The number of hydrogen-bond donors (Lipinski definition) is 2. The van der Waals surface area contributed by atoms with Crippen molar-refractivity contribution in [3.05, 3.63) is 0 Å². The summed E-state index contributed by atoms with van der Waals surface area (Å²) in [6.45, 7) is 6.57. The molecule has 9 heteroatoms. The highest BCUT2D eigenvalue weighted by molar-refractivity contribution is 7.83. The maximum Gasteiger partial charge on any atom is 0.162 e. The smallest absolute Gasteiger partial charge is 0.162 e. The average molecular weight is 310 g/mol. The predicted molar refractivity (Wildman–Crippen MR) is 73.1 cm³/mol. The number of nitrogens with zero attached hydrogens (tertiary/aromatic N) is 2. The van der Waals surface area contributed by atoms with Gasteiger partial charge in [-0.25, -0.2) is 12.7 Å². The van der Waals surface area contributed by atoms with Crippen molar-refractivity contribution in [2.75, 3.05) is 59.0 Å². The molecule has 0 bridgehead atoms. The van der Waals surface area contributed by atoms with E-state index in [2.05, 4.69) is 10.2 Å². The summed E-state index contributed by atoms with van der Waals surface area (Å²) in [7, 11) is -4.48. The van der Waals surface area contributed by atoms with Crippen LogP contribution in [0.25, 0.3) is 0 Å². The summed E-state index contributed by atoms with van der Waals surface area (Å²) < 4.78 is 38.5. The van der Waals surface area contributed by atoms with Gasteiger partial charge in [0.05, 0.1) is 19.3 Å². The molecule has 0 aromatic rings. The van der Waals surface area contributed by atoms with Crippen molar-refractivity contribution in [2.45, 2.75) is 13.0 Å². The molecule has 1 rings (SSSR count). The molecule has 0 aliphatic carbocycles. The highest BCUT2D eigenvalue weighted by atomic mass is 32.2. The lowest BCUT2D eigenvalue weighted by Crippen LogP contribution is -2.44. The fourth-order valence-electron chi connectivity index (χ4n) is 2.01. The molecule has 1 saturated heterocycles. The van der Waals surface area contributed by atoms with Crippen molar-refractivity contribution in [1.82, 2.24) is 14.5 Å². The molecule has 2 N–H and O–H groups in total. The Labute approximate surface area is 120 Å². The summed E-state index contributed by atoms with van der Waals surface area (Å²) in [5, 5.41) is 12.8. The Morgan fingerprint density at radius 2 is 2.10 bits per heavy atom. The standard InChI is InChI=1S/C11H25N3O5S/c1-2-14(20(16,17)18)10-11(15)9-12-3-4-13-5-7-19-8-6-13/h11-12,15H,2-10H2,1H3,(H,16,17,18)/p-1. The van der Waals surface area contributed by atoms with Crippen molar-refractivity contribution >= 4 is 10.3 Å². The third-order valence-electron chi connectivity index (χ3n) is 3.17. The third-order valence-corrected chi connectivity index (χ3v) is 4.21. The first-order valence-electron chi connectivity index (χ1n) is 6.83. The van der Waals surface area contributed by atoms with Crippen LogP contribution in [0.5, 0.6) is 0 Å². The zero-order valence-electron chi connectivity index (χ0n) is 11.8. The summed E-state index contributed by atoms with van der Waals surface area (Å²) in [5.74, 6) is 0. The minimum Gasteiger partial charge on any atom is -0.735 e. The van der Waals surface area contributed by atoms with E-state index in [0.29, 0.717) is 6.54 Å². The van der Waals surface area contributed by atoms with Crippen molar-refractivity contribution in [1.29, 1.82) is 0 Å². The van der Waals surface area contributed by atoms with Crippen molar-refractivity contribution in [3.8, 4) is 0 Å². The Kier molecular flexibility index (Phi) is 7.88. The fraction of sp³-hybridized carbons (Fsp3) is 1.00. The summed E-state index contributed by atoms with van der Waals surface area (Å²) in [4.78, 5) is 2.25. The van der Waals surface area contributed by atoms with Gasteiger partial charge in [-0.2, -0.15) is 0 Å². The summed E-state index contributed by atoms with van der Waals surface area (Å²) >= 11 is 0. The van der Waals surface area contributed by atoms with E-state index >= 15 is 0 Å². The van der Waals surface area contributed by atoms with Crippen LogP contribution in [0.4, 0.5) is 0 Å². The lowest BCUT2D eigenvalue weighted by Gasteiger charge is -2.27. The molecule has 0 amide bonds. The van der Waals surface area contributed by atoms with Crippen LogP contribution < -0.4 is 5.32 Å². The maximum atomic E-state index is 10.9. The second-order valence-corrected chi connectivity index (χ2v) is 6.09. The van der Waals surface area contributed by atoms with Crippen LogP contribution in [0.3, 0.4) is 0 Å². The summed E-state index contributed by atoms with van der Waals surface area (Å²) in [6, 6.07) is 0. The number of aliphatic hydroxyl groups is 1. The number of ether oxygens (including phenoxy) is 1. The quantitative estimate of drug-likeness (QED) is 0.377. The van der Waals surface area contributed by atoms with Gasteiger partial charge in [0.1, 0.15) is 0 Å². The van der Waals surface area contributed by atoms with Crippen LogP contribution in [-0.2, 0) is 15.0 Å². The minimum absolute atomic E-state index is 0.0661. The monoisotopic (exact) mass is 310 g/mol. The highest BCUT2D eigenvalue weighted by Crippen LogP contribution is 1.99. The lowest BCUT2D eigenvalue weighted by molar-refractivity contribution is 0.0379. The topological polar surface area (TPSA) is 105 Å². The molecule has 20 heavy (non-hydrogen) atoms. The van der Waals surface area contributed by atoms with E-state index in [-0.39, 0.29) is 19.6 Å². The normalized spacial score (nSPS) is 19.4. The Balaban J connectivity index is 2.14. The zero-order chi connectivity index (χ0) is 15.0. The Bertz CT molecular complexity index is 359. The Morgan fingerprint density at radius 3 is 2.65 bits per heavy atom. The molecule has 1 atom stereocenters. The Hall–Kier alpha value is -0.290. The molecule has 0 radical (unpaired) electrons. The van der Waals surface area contributed by atoms with Crippen molar-refractivity contribution in [3.63, 3.8) is 0 Å². The van der Waals surface area contributed by atoms with Crippen LogP contribution >= 0.6 is 0 Å². The van der Waals surface area contributed by atoms with E-state index in [0.717, 1.165) is 37.2 Å². The van der Waals surface area contributed by atoms with Crippen LogP contribution in [0.1, 0.15) is 6.92 Å². The highest BCUT2D eigenvalue weighted by Gasteiger charge is 2.15. The molecule has 0 saturated carbocycles. The van der Waals surface area contributed by atoms with Crippen LogP contribution in [-0.4, -0.2) is 92.4 Å². The van der Waals surface area contributed by atoms with E-state index < -0.39 is 16.4 Å². The number of aliphatic hydroxyl groups excluding tert-OH is 1. The van der Waals surface area contributed by atoms with E-state index in [9.17, 15) is 18.1 Å². The lowest BCUT2D eigenvalue weighted by atomic mass is 10.3. The number of hydrogen-bond acceptors (Lipinski definition) is 7. The van der Waals surface area contributed by atoms with Gasteiger partial charge in [-0.1, -0.05) is 6.92 Å². The summed E-state index contributed by atoms with van der Waals surface area (Å²) in [5.41, 5.74) is 0. The second-order valence-electron chi connectivity index (χ2n) is 4.72. The van der Waals surface area contributed by atoms with Crippen LogP contribution in [0, 0.1) is 0 Å².